The highest BCUT2D eigenvalue weighted by molar-refractivity contribution is 7.98. The summed E-state index contributed by atoms with van der Waals surface area (Å²) in [6.07, 6.45) is 2.69. The number of benzene rings is 1. The smallest absolute Gasteiger partial charge is 0.270 e. The lowest BCUT2D eigenvalue weighted by Gasteiger charge is -2.35. The molecule has 2 heterocycles. The quantitative estimate of drug-likeness (QED) is 0.809. The minimum Gasteiger partial charge on any atom is -0.351 e. The van der Waals surface area contributed by atoms with Crippen LogP contribution >= 0.6 is 24.2 Å². The first-order chi connectivity index (χ1) is 12.1. The average Bonchev–Trinajstić information content (AvgIpc) is 3.09. The molecule has 1 fully saturated rings. The third kappa shape index (κ3) is 4.52. The van der Waals surface area contributed by atoms with Crippen molar-refractivity contribution in [1.82, 2.24) is 14.8 Å². The van der Waals surface area contributed by atoms with Gasteiger partial charge in [-0.15, -0.1) is 12.4 Å². The molecule has 2 aromatic rings. The molecule has 3 N–H and O–H groups in total. The number of thioether (sulfide) groups is 1. The number of H-pyrrole nitrogens is 1. The molecule has 0 spiro atoms. The highest BCUT2D eigenvalue weighted by Crippen LogP contribution is 2.17. The molecule has 0 bridgehead atoms. The Hall–Kier alpha value is -1.70. The van der Waals surface area contributed by atoms with Gasteiger partial charge in [-0.25, -0.2) is 0 Å². The minimum absolute atomic E-state index is 0. The number of aromatic nitrogens is 1. The second-order valence-electron chi connectivity index (χ2n) is 6.28. The van der Waals surface area contributed by atoms with E-state index in [2.05, 4.69) is 4.98 Å². The van der Waals surface area contributed by atoms with Crippen LogP contribution in [0.5, 0.6) is 0 Å². The van der Waals surface area contributed by atoms with Crippen molar-refractivity contribution in [3.63, 3.8) is 0 Å². The summed E-state index contributed by atoms with van der Waals surface area (Å²) in [5, 5.41) is 1.03. The van der Waals surface area contributed by atoms with E-state index in [4.69, 9.17) is 5.73 Å². The Bertz CT molecular complexity index is 725. The van der Waals surface area contributed by atoms with Crippen LogP contribution in [0.3, 0.4) is 0 Å². The lowest BCUT2D eigenvalue weighted by atomic mass is 10.2. The van der Waals surface area contributed by atoms with Crippen LogP contribution in [-0.2, 0) is 4.79 Å². The van der Waals surface area contributed by atoms with Gasteiger partial charge in [-0.05, 0) is 30.6 Å². The van der Waals surface area contributed by atoms with Gasteiger partial charge < -0.3 is 20.5 Å². The number of hydrogen-bond acceptors (Lipinski definition) is 4. The number of nitrogens with zero attached hydrogens (tertiary/aromatic N) is 2. The molecule has 1 aliphatic heterocycles. The largest absolute Gasteiger partial charge is 0.351 e. The molecule has 0 unspecified atom stereocenters. The number of carbonyl (C=O) groups excluding carboxylic acids is 2. The van der Waals surface area contributed by atoms with Crippen molar-refractivity contribution in [2.45, 2.75) is 12.5 Å². The van der Waals surface area contributed by atoms with Gasteiger partial charge in [-0.1, -0.05) is 18.2 Å². The van der Waals surface area contributed by atoms with Crippen LogP contribution in [0.2, 0.25) is 0 Å². The third-order valence-electron chi connectivity index (χ3n) is 4.59. The van der Waals surface area contributed by atoms with E-state index in [1.54, 1.807) is 21.6 Å². The van der Waals surface area contributed by atoms with Crippen molar-refractivity contribution < 1.29 is 9.59 Å². The number of halogens is 1. The Morgan fingerprint density at radius 3 is 2.50 bits per heavy atom. The summed E-state index contributed by atoms with van der Waals surface area (Å²) in [5.74, 6) is 0.855. The topological polar surface area (TPSA) is 82.4 Å². The number of nitrogens with two attached hydrogens (primary N) is 1. The van der Waals surface area contributed by atoms with Gasteiger partial charge in [0.1, 0.15) is 5.69 Å². The fourth-order valence-corrected chi connectivity index (χ4v) is 3.58. The summed E-state index contributed by atoms with van der Waals surface area (Å²) in [4.78, 5) is 31.8. The molecule has 1 aromatic heterocycles. The van der Waals surface area contributed by atoms with E-state index in [0.717, 1.165) is 16.7 Å². The summed E-state index contributed by atoms with van der Waals surface area (Å²) in [6, 6.07) is 9.28. The highest BCUT2D eigenvalue weighted by atomic mass is 35.5. The van der Waals surface area contributed by atoms with Crippen LogP contribution in [0.1, 0.15) is 16.9 Å². The molecule has 142 valence electrons. The van der Waals surface area contributed by atoms with Crippen molar-refractivity contribution >= 4 is 46.9 Å². The van der Waals surface area contributed by atoms with E-state index in [1.165, 1.54) is 0 Å². The number of carbonyl (C=O) groups is 2. The lowest BCUT2D eigenvalue weighted by molar-refractivity contribution is -0.134. The second kappa shape index (κ2) is 9.30. The van der Waals surface area contributed by atoms with Crippen molar-refractivity contribution in [3.05, 3.63) is 36.0 Å². The first-order valence-electron chi connectivity index (χ1n) is 8.50. The number of piperazine rings is 1. The van der Waals surface area contributed by atoms with Gasteiger partial charge >= 0.3 is 0 Å². The number of hydrogen-bond donors (Lipinski definition) is 2. The lowest BCUT2D eigenvalue weighted by Crippen LogP contribution is -2.54. The molecule has 1 atom stereocenters. The maximum absolute atomic E-state index is 12.7. The van der Waals surface area contributed by atoms with Crippen LogP contribution in [0.25, 0.3) is 10.9 Å². The summed E-state index contributed by atoms with van der Waals surface area (Å²) >= 11 is 1.69. The molecular weight excluding hydrogens is 372 g/mol. The van der Waals surface area contributed by atoms with Gasteiger partial charge in [0.05, 0.1) is 6.04 Å². The maximum atomic E-state index is 12.7. The number of rotatable bonds is 5. The molecule has 26 heavy (non-hydrogen) atoms. The van der Waals surface area contributed by atoms with Crippen molar-refractivity contribution in [2.75, 3.05) is 38.2 Å². The third-order valence-corrected chi connectivity index (χ3v) is 5.23. The van der Waals surface area contributed by atoms with Gasteiger partial charge in [0.2, 0.25) is 5.91 Å². The molecule has 0 aliphatic carbocycles. The van der Waals surface area contributed by atoms with Crippen molar-refractivity contribution in [3.8, 4) is 0 Å². The molecule has 1 aromatic carbocycles. The molecular formula is C18H25ClN4O2S. The Kier molecular flexibility index (Phi) is 7.37. The van der Waals surface area contributed by atoms with Crippen LogP contribution in [-0.4, -0.2) is 70.8 Å². The van der Waals surface area contributed by atoms with Crippen LogP contribution in [0.15, 0.2) is 30.3 Å². The monoisotopic (exact) mass is 396 g/mol. The first kappa shape index (κ1) is 20.6. The van der Waals surface area contributed by atoms with E-state index in [9.17, 15) is 9.59 Å². The predicted molar refractivity (Wildman–Crippen MR) is 109 cm³/mol. The number of nitrogens with one attached hydrogen (secondary N) is 1. The van der Waals surface area contributed by atoms with Crippen LogP contribution in [0.4, 0.5) is 0 Å². The standard InChI is InChI=1S/C18H24N4O2S.ClH/c1-25-11-6-14(19)17(23)21-7-9-22(10-8-21)18(24)16-12-13-4-2-3-5-15(13)20-16;/h2-5,12,14,20H,6-11,19H2,1H3;1H/t14-;/m0./s1. The fraction of sp³-hybridized carbons (Fsp3) is 0.444. The summed E-state index contributed by atoms with van der Waals surface area (Å²) in [6.45, 7) is 2.15. The molecule has 6 nitrogen and oxygen atoms in total. The molecule has 1 saturated heterocycles. The normalized spacial score (nSPS) is 15.6. The second-order valence-corrected chi connectivity index (χ2v) is 7.26. The Labute approximate surface area is 163 Å². The molecule has 8 heteroatoms. The van der Waals surface area contributed by atoms with E-state index >= 15 is 0 Å². The number of aromatic amines is 1. The predicted octanol–water partition coefficient (Wildman–Crippen LogP) is 1.95. The van der Waals surface area contributed by atoms with Gasteiger partial charge in [-0.2, -0.15) is 11.8 Å². The van der Waals surface area contributed by atoms with Crippen molar-refractivity contribution in [1.29, 1.82) is 0 Å². The van der Waals surface area contributed by atoms with E-state index < -0.39 is 6.04 Å². The Morgan fingerprint density at radius 2 is 1.85 bits per heavy atom. The van der Waals surface area contributed by atoms with E-state index in [-0.39, 0.29) is 24.2 Å². The zero-order valence-corrected chi connectivity index (χ0v) is 16.4. The first-order valence-corrected chi connectivity index (χ1v) is 9.90. The zero-order valence-electron chi connectivity index (χ0n) is 14.8. The summed E-state index contributed by atoms with van der Waals surface area (Å²) < 4.78 is 0. The van der Waals surface area contributed by atoms with Crippen molar-refractivity contribution in [2.24, 2.45) is 5.73 Å². The van der Waals surface area contributed by atoms with E-state index in [0.29, 0.717) is 38.3 Å². The molecule has 3 rings (SSSR count). The number of para-hydroxylation sites is 1. The van der Waals surface area contributed by atoms with Gasteiger partial charge in [-0.3, -0.25) is 9.59 Å². The molecule has 1 aliphatic rings. The van der Waals surface area contributed by atoms with Gasteiger partial charge in [0, 0.05) is 37.1 Å². The van der Waals surface area contributed by atoms with Gasteiger partial charge in [0.25, 0.3) is 5.91 Å². The minimum atomic E-state index is -0.441. The molecule has 2 amide bonds. The average molecular weight is 397 g/mol. The van der Waals surface area contributed by atoms with Crippen LogP contribution in [0, 0.1) is 0 Å². The Balaban J connectivity index is 0.00000243. The van der Waals surface area contributed by atoms with E-state index in [1.807, 2.05) is 36.6 Å². The SMILES string of the molecule is CSCC[C@H](N)C(=O)N1CCN(C(=O)c2cc3ccccc3[nH]2)CC1.Cl. The molecule has 0 saturated carbocycles. The fourth-order valence-electron chi connectivity index (χ4n) is 3.09. The summed E-state index contributed by atoms with van der Waals surface area (Å²) in [7, 11) is 0. The number of fused-ring (bicyclic) bond motifs is 1. The van der Waals surface area contributed by atoms with Crippen LogP contribution < -0.4 is 5.73 Å². The molecule has 0 radical (unpaired) electrons. The maximum Gasteiger partial charge on any atom is 0.270 e. The highest BCUT2D eigenvalue weighted by Gasteiger charge is 2.27. The zero-order chi connectivity index (χ0) is 17.8. The number of amides is 2. The summed E-state index contributed by atoms with van der Waals surface area (Å²) in [5.41, 5.74) is 7.53. The Morgan fingerprint density at radius 1 is 1.19 bits per heavy atom. The van der Waals surface area contributed by atoms with Gasteiger partial charge in [0.15, 0.2) is 0 Å².